The summed E-state index contributed by atoms with van der Waals surface area (Å²) in [5.74, 6) is 1.15. The van der Waals surface area contributed by atoms with Crippen molar-refractivity contribution in [1.29, 1.82) is 0 Å². The van der Waals surface area contributed by atoms with Gasteiger partial charge in [0.2, 0.25) is 0 Å². The zero-order valence-corrected chi connectivity index (χ0v) is 18.4. The molecular weight excluding hydrogens is 344 g/mol. The van der Waals surface area contributed by atoms with Crippen LogP contribution in [0.25, 0.3) is 0 Å². The fourth-order valence-electron chi connectivity index (χ4n) is 4.37. The third-order valence-electron chi connectivity index (χ3n) is 6.34. The summed E-state index contributed by atoms with van der Waals surface area (Å²) in [5.41, 5.74) is 5.59. The minimum absolute atomic E-state index is 0.198. The molecule has 2 nitrogen and oxygen atoms in total. The van der Waals surface area contributed by atoms with Gasteiger partial charge in [0.25, 0.3) is 0 Å². The Hall–Kier alpha value is -1.96. The van der Waals surface area contributed by atoms with Crippen molar-refractivity contribution in [3.8, 4) is 11.5 Å². The Morgan fingerprint density at radius 3 is 2.54 bits per heavy atom. The highest BCUT2D eigenvalue weighted by atomic mass is 16.3. The summed E-state index contributed by atoms with van der Waals surface area (Å²) in [6.45, 7) is 11.6. The summed E-state index contributed by atoms with van der Waals surface area (Å²) in [6.07, 6.45) is 14.7. The van der Waals surface area contributed by atoms with Crippen LogP contribution in [0.2, 0.25) is 0 Å². The number of rotatable bonds is 8. The van der Waals surface area contributed by atoms with Crippen molar-refractivity contribution in [1.82, 2.24) is 0 Å². The molecule has 0 aromatic heterocycles. The van der Waals surface area contributed by atoms with Gasteiger partial charge in [-0.2, -0.15) is 0 Å². The molecule has 1 aromatic carbocycles. The van der Waals surface area contributed by atoms with Crippen molar-refractivity contribution in [2.45, 2.75) is 79.6 Å². The van der Waals surface area contributed by atoms with Crippen LogP contribution in [0.1, 0.15) is 78.7 Å². The highest BCUT2D eigenvalue weighted by Gasteiger charge is 2.32. The summed E-state index contributed by atoms with van der Waals surface area (Å²) in [5, 5.41) is 19.4. The maximum Gasteiger partial charge on any atom is 0.119 e. The number of allylic oxidation sites excluding steroid dienone is 6. The smallest absolute Gasteiger partial charge is 0.119 e. The monoisotopic (exact) mass is 382 g/mol. The maximum absolute atomic E-state index is 9.86. The van der Waals surface area contributed by atoms with E-state index < -0.39 is 0 Å². The summed E-state index contributed by atoms with van der Waals surface area (Å²) >= 11 is 0. The molecule has 1 aliphatic rings. The van der Waals surface area contributed by atoms with Gasteiger partial charge in [-0.25, -0.2) is 0 Å². The summed E-state index contributed by atoms with van der Waals surface area (Å²) in [6, 6.07) is 4.69. The van der Waals surface area contributed by atoms with Gasteiger partial charge in [-0.3, -0.25) is 0 Å². The minimum Gasteiger partial charge on any atom is -0.508 e. The van der Waals surface area contributed by atoms with Crippen LogP contribution in [0.4, 0.5) is 0 Å². The number of phenolic OH excluding ortho intramolecular Hbond substituents is 2. The summed E-state index contributed by atoms with van der Waals surface area (Å²) in [7, 11) is 0. The lowest BCUT2D eigenvalue weighted by molar-refractivity contribution is 0.204. The van der Waals surface area contributed by atoms with Crippen LogP contribution in [0.5, 0.6) is 11.5 Å². The summed E-state index contributed by atoms with van der Waals surface area (Å²) < 4.78 is 0. The van der Waals surface area contributed by atoms with Crippen LogP contribution in [0.3, 0.4) is 0 Å². The van der Waals surface area contributed by atoms with E-state index >= 15 is 0 Å². The molecule has 154 valence electrons. The molecule has 28 heavy (non-hydrogen) atoms. The van der Waals surface area contributed by atoms with Crippen molar-refractivity contribution in [2.75, 3.05) is 0 Å². The molecule has 0 saturated heterocycles. The van der Waals surface area contributed by atoms with Crippen molar-refractivity contribution in [3.63, 3.8) is 0 Å². The molecule has 1 aromatic rings. The normalized spacial score (nSPS) is 20.2. The highest BCUT2D eigenvalue weighted by molar-refractivity contribution is 5.39. The summed E-state index contributed by atoms with van der Waals surface area (Å²) in [4.78, 5) is 0. The van der Waals surface area contributed by atoms with Gasteiger partial charge >= 0.3 is 0 Å². The molecule has 2 heteroatoms. The molecule has 2 rings (SSSR count). The number of phenols is 2. The van der Waals surface area contributed by atoms with Gasteiger partial charge in [0.1, 0.15) is 11.5 Å². The Morgan fingerprint density at radius 2 is 1.82 bits per heavy atom. The van der Waals surface area contributed by atoms with E-state index in [4.69, 9.17) is 0 Å². The first-order chi connectivity index (χ1) is 13.2. The Labute approximate surface area is 171 Å². The van der Waals surface area contributed by atoms with Gasteiger partial charge in [0, 0.05) is 5.56 Å². The van der Waals surface area contributed by atoms with Crippen LogP contribution >= 0.6 is 0 Å². The van der Waals surface area contributed by atoms with E-state index in [0.29, 0.717) is 17.8 Å². The molecule has 2 N–H and O–H groups in total. The van der Waals surface area contributed by atoms with Crippen molar-refractivity contribution < 1.29 is 10.2 Å². The third kappa shape index (κ3) is 6.58. The lowest BCUT2D eigenvalue weighted by atomic mass is 9.67. The minimum atomic E-state index is 0.198. The largest absolute Gasteiger partial charge is 0.508 e. The lowest BCUT2D eigenvalue weighted by Gasteiger charge is -2.38. The molecule has 0 aliphatic heterocycles. The first-order valence-electron chi connectivity index (χ1n) is 10.7. The standard InChI is InChI=1S/C26H38O2/c1-19(11-13-22-18-23(27)14-16-25(22)28)8-6-9-20(2)12-15-24-21(3)10-7-17-26(24,4)5/h9-11,14,16,18,24,27-28H,6-8,12-13,15,17H2,1-5H3. The fourth-order valence-corrected chi connectivity index (χ4v) is 4.37. The Kier molecular flexibility index (Phi) is 7.98. The van der Waals surface area contributed by atoms with Crippen LogP contribution < -0.4 is 0 Å². The van der Waals surface area contributed by atoms with Crippen LogP contribution in [-0.2, 0) is 6.42 Å². The van der Waals surface area contributed by atoms with Gasteiger partial charge in [0.05, 0.1) is 0 Å². The predicted octanol–water partition coefficient (Wildman–Crippen LogP) is 7.48. The molecular formula is C26H38O2. The molecule has 0 spiro atoms. The average Bonchev–Trinajstić information content (AvgIpc) is 2.61. The highest BCUT2D eigenvalue weighted by Crippen LogP contribution is 2.43. The van der Waals surface area contributed by atoms with Gasteiger partial charge in [-0.05, 0) is 95.2 Å². The second kappa shape index (κ2) is 10.0. The zero-order valence-electron chi connectivity index (χ0n) is 18.4. The molecule has 0 heterocycles. The number of hydrogen-bond acceptors (Lipinski definition) is 2. The van der Waals surface area contributed by atoms with Crippen LogP contribution in [0, 0.1) is 11.3 Å². The number of benzene rings is 1. The molecule has 1 atom stereocenters. The molecule has 0 saturated carbocycles. The number of aromatic hydroxyl groups is 2. The van der Waals surface area contributed by atoms with Crippen molar-refractivity contribution in [2.24, 2.45) is 11.3 Å². The van der Waals surface area contributed by atoms with E-state index in [2.05, 4.69) is 52.8 Å². The maximum atomic E-state index is 9.86. The average molecular weight is 383 g/mol. The van der Waals surface area contributed by atoms with Crippen LogP contribution in [0.15, 0.2) is 53.1 Å². The predicted molar refractivity (Wildman–Crippen MR) is 120 cm³/mol. The van der Waals surface area contributed by atoms with E-state index in [-0.39, 0.29) is 11.5 Å². The molecule has 1 aliphatic carbocycles. The van der Waals surface area contributed by atoms with Gasteiger partial charge in [0.15, 0.2) is 0 Å². The Morgan fingerprint density at radius 1 is 1.11 bits per heavy atom. The Balaban J connectivity index is 1.80. The van der Waals surface area contributed by atoms with E-state index in [9.17, 15) is 10.2 Å². The molecule has 0 fully saturated rings. The van der Waals surface area contributed by atoms with Gasteiger partial charge in [-0.1, -0.05) is 48.8 Å². The molecule has 0 bridgehead atoms. The zero-order chi connectivity index (χ0) is 20.7. The van der Waals surface area contributed by atoms with Gasteiger partial charge < -0.3 is 10.2 Å². The van der Waals surface area contributed by atoms with E-state index in [1.165, 1.54) is 42.9 Å². The lowest BCUT2D eigenvalue weighted by Crippen LogP contribution is -2.27. The van der Waals surface area contributed by atoms with E-state index in [0.717, 1.165) is 18.4 Å². The van der Waals surface area contributed by atoms with Crippen molar-refractivity contribution >= 4 is 0 Å². The SMILES string of the molecule is CC(=CCc1cc(O)ccc1O)CCC=C(C)CCC1C(C)=CCCC1(C)C. The topological polar surface area (TPSA) is 40.5 Å². The second-order valence-electron chi connectivity index (χ2n) is 9.22. The van der Waals surface area contributed by atoms with Crippen molar-refractivity contribution in [3.05, 3.63) is 58.7 Å². The first-order valence-corrected chi connectivity index (χ1v) is 10.7. The quantitative estimate of drug-likeness (QED) is 0.361. The fraction of sp³-hybridized carbons (Fsp3) is 0.538. The molecule has 0 radical (unpaired) electrons. The number of hydrogen-bond donors (Lipinski definition) is 2. The first kappa shape index (κ1) is 22.3. The molecule has 0 amide bonds. The van der Waals surface area contributed by atoms with E-state index in [1.807, 2.05) is 0 Å². The van der Waals surface area contributed by atoms with Gasteiger partial charge in [-0.15, -0.1) is 0 Å². The second-order valence-corrected chi connectivity index (χ2v) is 9.22. The van der Waals surface area contributed by atoms with E-state index in [1.54, 1.807) is 17.7 Å². The Bertz CT molecular complexity index is 750. The third-order valence-corrected chi connectivity index (χ3v) is 6.34. The van der Waals surface area contributed by atoms with Crippen LogP contribution in [-0.4, -0.2) is 10.2 Å². The molecule has 1 unspecified atom stereocenters.